The number of pyridine rings is 1. The molecule has 0 radical (unpaired) electrons. The van der Waals surface area contributed by atoms with Crippen LogP contribution in [0.15, 0.2) is 54.7 Å². The Hall–Kier alpha value is -3.43. The van der Waals surface area contributed by atoms with Gasteiger partial charge in [-0.2, -0.15) is 0 Å². The zero-order chi connectivity index (χ0) is 27.8. The fourth-order valence-electron chi connectivity index (χ4n) is 7.23. The van der Waals surface area contributed by atoms with Crippen LogP contribution in [0.25, 0.3) is 43.6 Å². The summed E-state index contributed by atoms with van der Waals surface area (Å²) in [6.07, 6.45) is 6.38. The van der Waals surface area contributed by atoms with Crippen molar-refractivity contribution in [1.29, 1.82) is 0 Å². The maximum atomic E-state index is 7.14. The van der Waals surface area contributed by atoms with Crippen molar-refractivity contribution in [2.24, 2.45) is 12.5 Å². The van der Waals surface area contributed by atoms with Crippen LogP contribution in [0, 0.1) is 12.3 Å². The minimum atomic E-state index is 0.122. The number of rotatable bonds is 3. The Labute approximate surface area is 237 Å². The van der Waals surface area contributed by atoms with Crippen LogP contribution in [-0.4, -0.2) is 13.2 Å². The van der Waals surface area contributed by atoms with Gasteiger partial charge in [-0.3, -0.25) is 0 Å². The number of fused-ring (bicyclic) bond motifs is 5. The molecule has 5 aromatic rings. The Morgan fingerprint density at radius 3 is 2.45 bits per heavy atom. The third kappa shape index (κ3) is 3.93. The third-order valence-electron chi connectivity index (χ3n) is 9.19. The normalized spacial score (nSPS) is 15.6. The van der Waals surface area contributed by atoms with Gasteiger partial charge in [0.1, 0.15) is 18.5 Å². The van der Waals surface area contributed by atoms with Gasteiger partial charge in [0.05, 0.1) is 10.9 Å². The Morgan fingerprint density at radius 2 is 1.70 bits per heavy atom. The molecule has 4 aromatic carbocycles. The zero-order valence-electron chi connectivity index (χ0n) is 24.8. The van der Waals surface area contributed by atoms with Gasteiger partial charge in [-0.15, -0.1) is 0 Å². The fourth-order valence-corrected chi connectivity index (χ4v) is 7.23. The summed E-state index contributed by atoms with van der Waals surface area (Å²) in [5.41, 5.74) is 8.08. The molecule has 3 heterocycles. The smallest absolute Gasteiger partial charge is 0.228 e. The first-order valence-electron chi connectivity index (χ1n) is 15.0. The molecule has 0 aliphatic carbocycles. The molecule has 2 aliphatic heterocycles. The van der Waals surface area contributed by atoms with E-state index in [0.717, 1.165) is 50.4 Å². The lowest BCUT2D eigenvalue weighted by molar-refractivity contribution is -0.659. The largest absolute Gasteiger partial charge is 0.455 e. The summed E-state index contributed by atoms with van der Waals surface area (Å²) in [7, 11) is 2.19. The molecule has 7 rings (SSSR count). The number of hydrogen-bond donors (Lipinski definition) is 0. The van der Waals surface area contributed by atoms with E-state index >= 15 is 0 Å². The van der Waals surface area contributed by atoms with E-state index in [-0.39, 0.29) is 5.41 Å². The predicted molar refractivity (Wildman–Crippen MR) is 166 cm³/mol. The average molecular weight is 531 g/mol. The molecular formula is C37H40NO2+. The topological polar surface area (TPSA) is 22.3 Å². The van der Waals surface area contributed by atoms with Crippen molar-refractivity contribution in [3.8, 4) is 22.8 Å². The minimum Gasteiger partial charge on any atom is -0.455 e. The van der Waals surface area contributed by atoms with Crippen molar-refractivity contribution in [2.45, 2.75) is 66.2 Å². The number of benzene rings is 4. The van der Waals surface area contributed by atoms with Gasteiger partial charge in [0.15, 0.2) is 6.20 Å². The van der Waals surface area contributed by atoms with E-state index in [0.29, 0.717) is 5.92 Å². The first-order valence-corrected chi connectivity index (χ1v) is 15.0. The maximum Gasteiger partial charge on any atom is 0.228 e. The number of ether oxygens (including phenoxy) is 2. The number of aryl methyl sites for hydroxylation is 3. The Bertz CT molecular complexity index is 1820. The Balaban J connectivity index is 1.59. The first-order chi connectivity index (χ1) is 19.2. The highest BCUT2D eigenvalue weighted by atomic mass is 16.5. The van der Waals surface area contributed by atoms with Gasteiger partial charge in [0.25, 0.3) is 0 Å². The predicted octanol–water partition coefficient (Wildman–Crippen LogP) is 9.10. The van der Waals surface area contributed by atoms with E-state index in [4.69, 9.17) is 9.47 Å². The standard InChI is InChI=1S/C37H40NO2/c1-7-23-11-12-27-29(19-23)22(2)33-35-34-28(13-16-38(35)6)26-10-8-9-25(24-14-17-39-18-15-24)30(26)20-32(34)40-36(33)31(27)21-37(3,4)5/h8-13,16,19-20,24H,7,14-15,17-18,21H2,1-6H3/q+1. The zero-order valence-corrected chi connectivity index (χ0v) is 24.8. The molecule has 2 aliphatic rings. The molecule has 204 valence electrons. The van der Waals surface area contributed by atoms with Crippen LogP contribution in [0.2, 0.25) is 0 Å². The monoisotopic (exact) mass is 530 g/mol. The molecule has 1 aromatic heterocycles. The molecule has 1 fully saturated rings. The van der Waals surface area contributed by atoms with E-state index in [1.807, 2.05) is 0 Å². The number of nitrogens with zero attached hydrogens (tertiary/aromatic N) is 1. The van der Waals surface area contributed by atoms with Gasteiger partial charge >= 0.3 is 0 Å². The van der Waals surface area contributed by atoms with Gasteiger partial charge in [-0.05, 0) is 88.2 Å². The van der Waals surface area contributed by atoms with Crippen LogP contribution in [-0.2, 0) is 24.6 Å². The minimum absolute atomic E-state index is 0.122. The van der Waals surface area contributed by atoms with Crippen molar-refractivity contribution >= 4 is 32.3 Å². The van der Waals surface area contributed by atoms with Crippen LogP contribution in [0.5, 0.6) is 11.5 Å². The summed E-state index contributed by atoms with van der Waals surface area (Å²) in [5, 5.41) is 7.82. The molecule has 3 heteroatoms. The average Bonchev–Trinajstić information content (AvgIpc) is 2.95. The third-order valence-corrected chi connectivity index (χ3v) is 9.19. The lowest BCUT2D eigenvalue weighted by Gasteiger charge is -2.29. The van der Waals surface area contributed by atoms with E-state index < -0.39 is 0 Å². The lowest BCUT2D eigenvalue weighted by atomic mass is 9.81. The van der Waals surface area contributed by atoms with Crippen molar-refractivity contribution in [3.63, 3.8) is 0 Å². The van der Waals surface area contributed by atoms with Gasteiger partial charge < -0.3 is 9.47 Å². The van der Waals surface area contributed by atoms with Crippen LogP contribution in [0.1, 0.15) is 68.7 Å². The second-order valence-corrected chi connectivity index (χ2v) is 13.1. The van der Waals surface area contributed by atoms with Crippen molar-refractivity contribution in [3.05, 3.63) is 77.0 Å². The van der Waals surface area contributed by atoms with Crippen molar-refractivity contribution in [2.75, 3.05) is 13.2 Å². The summed E-state index contributed by atoms with van der Waals surface area (Å²) < 4.78 is 15.2. The molecular weight excluding hydrogens is 490 g/mol. The van der Waals surface area contributed by atoms with Crippen LogP contribution in [0.3, 0.4) is 0 Å². The number of hydrogen-bond acceptors (Lipinski definition) is 2. The highest BCUT2D eigenvalue weighted by Gasteiger charge is 2.35. The van der Waals surface area contributed by atoms with E-state index in [1.165, 1.54) is 65.8 Å². The summed E-state index contributed by atoms with van der Waals surface area (Å²) in [4.78, 5) is 0. The van der Waals surface area contributed by atoms with Crippen LogP contribution in [0.4, 0.5) is 0 Å². The molecule has 0 bridgehead atoms. The molecule has 0 unspecified atom stereocenters. The van der Waals surface area contributed by atoms with Crippen LogP contribution >= 0.6 is 0 Å². The summed E-state index contributed by atoms with van der Waals surface area (Å²) in [6, 6.07) is 18.5. The molecule has 1 saturated heterocycles. The second kappa shape index (κ2) is 9.31. The first kappa shape index (κ1) is 25.5. The van der Waals surface area contributed by atoms with Crippen molar-refractivity contribution < 1.29 is 14.0 Å². The van der Waals surface area contributed by atoms with Crippen molar-refractivity contribution in [1.82, 2.24) is 0 Å². The van der Waals surface area contributed by atoms with E-state index in [9.17, 15) is 0 Å². The molecule has 0 N–H and O–H groups in total. The highest BCUT2D eigenvalue weighted by Crippen LogP contribution is 2.53. The SMILES string of the molecule is CCc1ccc2c(CC(C)(C)C)c3c(c(C)c2c1)-c1c2c(cc4c(C5CCOCC5)cccc4c2cc[n+]1C)O3. The fraction of sp³-hybridized carbons (Fsp3) is 0.378. The molecule has 0 amide bonds. The van der Waals surface area contributed by atoms with Gasteiger partial charge in [0, 0.05) is 30.2 Å². The quantitative estimate of drug-likeness (QED) is 0.168. The van der Waals surface area contributed by atoms with E-state index in [2.05, 4.69) is 101 Å². The Morgan fingerprint density at radius 1 is 0.900 bits per heavy atom. The highest BCUT2D eigenvalue weighted by molar-refractivity contribution is 6.17. The molecule has 3 nitrogen and oxygen atoms in total. The molecule has 0 atom stereocenters. The van der Waals surface area contributed by atoms with Crippen LogP contribution < -0.4 is 9.30 Å². The van der Waals surface area contributed by atoms with E-state index in [1.54, 1.807) is 0 Å². The molecule has 0 saturated carbocycles. The Kier molecular flexibility index (Phi) is 5.94. The lowest BCUT2D eigenvalue weighted by Crippen LogP contribution is -2.32. The second-order valence-electron chi connectivity index (χ2n) is 13.1. The van der Waals surface area contributed by atoms with Gasteiger partial charge in [0.2, 0.25) is 5.69 Å². The molecule has 0 spiro atoms. The maximum absolute atomic E-state index is 7.14. The van der Waals surface area contributed by atoms with Gasteiger partial charge in [-0.25, -0.2) is 4.57 Å². The van der Waals surface area contributed by atoms with Gasteiger partial charge in [-0.1, -0.05) is 64.1 Å². The number of aromatic nitrogens is 1. The summed E-state index contributed by atoms with van der Waals surface area (Å²) in [5.74, 6) is 2.55. The summed E-state index contributed by atoms with van der Waals surface area (Å²) >= 11 is 0. The molecule has 40 heavy (non-hydrogen) atoms. The summed E-state index contributed by atoms with van der Waals surface area (Å²) in [6.45, 7) is 13.2.